The van der Waals surface area contributed by atoms with Crippen LogP contribution in [0.3, 0.4) is 0 Å². The van der Waals surface area contributed by atoms with Gasteiger partial charge in [-0.3, -0.25) is 4.79 Å². The van der Waals surface area contributed by atoms with E-state index in [1.165, 1.54) is 14.2 Å². The Balaban J connectivity index is 4.12. The van der Waals surface area contributed by atoms with Crippen molar-refractivity contribution >= 4 is 16.2 Å². The summed E-state index contributed by atoms with van der Waals surface area (Å²) in [5.41, 5.74) is 0. The molecule has 0 saturated carbocycles. The van der Waals surface area contributed by atoms with Gasteiger partial charge in [0.15, 0.2) is 0 Å². The van der Waals surface area contributed by atoms with E-state index in [-0.39, 0.29) is 13.0 Å². The van der Waals surface area contributed by atoms with Crippen LogP contribution in [0.5, 0.6) is 0 Å². The highest BCUT2D eigenvalue weighted by Gasteiger charge is 2.18. The summed E-state index contributed by atoms with van der Waals surface area (Å²) in [5, 5.41) is 0. The number of rotatable bonds is 10. The lowest BCUT2D eigenvalue weighted by atomic mass is 10.4. The molecule has 1 N–H and O–H groups in total. The zero-order chi connectivity index (χ0) is 14.9. The van der Waals surface area contributed by atoms with Crippen LogP contribution < -0.4 is 4.72 Å². The minimum atomic E-state index is -3.53. The average Bonchev–Trinajstić information content (AvgIpc) is 2.40. The van der Waals surface area contributed by atoms with Crippen LogP contribution in [-0.2, 0) is 19.7 Å². The molecule has 0 bridgehead atoms. The third-order valence-corrected chi connectivity index (χ3v) is 4.45. The molecule has 0 unspecified atom stereocenters. The van der Waals surface area contributed by atoms with Crippen molar-refractivity contribution in [2.24, 2.45) is 0 Å². The van der Waals surface area contributed by atoms with Crippen LogP contribution >= 0.6 is 0 Å². The van der Waals surface area contributed by atoms with Crippen molar-refractivity contribution in [1.29, 1.82) is 0 Å². The van der Waals surface area contributed by atoms with E-state index in [4.69, 9.17) is 0 Å². The van der Waals surface area contributed by atoms with E-state index in [0.717, 1.165) is 17.4 Å². The molecule has 0 aliphatic carbocycles. The van der Waals surface area contributed by atoms with Crippen molar-refractivity contribution in [3.8, 4) is 0 Å². The molecule has 7 nitrogen and oxygen atoms in total. The zero-order valence-corrected chi connectivity index (χ0v) is 13.0. The summed E-state index contributed by atoms with van der Waals surface area (Å²) in [6.07, 6.45) is 0.0456. The van der Waals surface area contributed by atoms with E-state index >= 15 is 0 Å². The lowest BCUT2D eigenvalue weighted by molar-refractivity contribution is -0.140. The van der Waals surface area contributed by atoms with Gasteiger partial charge in [-0.15, -0.1) is 0 Å². The van der Waals surface area contributed by atoms with Crippen molar-refractivity contribution < 1.29 is 17.9 Å². The third-order valence-electron chi connectivity index (χ3n) is 2.88. The zero-order valence-electron chi connectivity index (χ0n) is 12.2. The number of esters is 1. The Morgan fingerprint density at radius 2 is 1.79 bits per heavy atom. The Kier molecular flexibility index (Phi) is 8.90. The molecule has 0 aliphatic heterocycles. The summed E-state index contributed by atoms with van der Waals surface area (Å²) < 4.78 is 31.8. The highest BCUT2D eigenvalue weighted by atomic mass is 32.2. The predicted octanol–water partition coefficient (Wildman–Crippen LogP) is -0.342. The maximum atomic E-state index is 11.8. The Morgan fingerprint density at radius 3 is 2.26 bits per heavy atom. The fraction of sp³-hybridized carbons (Fsp3) is 0.909. The molecule has 114 valence electrons. The quantitative estimate of drug-likeness (QED) is 0.558. The van der Waals surface area contributed by atoms with Crippen LogP contribution in [0.2, 0.25) is 0 Å². The van der Waals surface area contributed by atoms with Crippen LogP contribution in [-0.4, -0.2) is 70.5 Å². The molecule has 0 rings (SSSR count). The first-order valence-electron chi connectivity index (χ1n) is 6.37. The molecule has 19 heavy (non-hydrogen) atoms. The highest BCUT2D eigenvalue weighted by molar-refractivity contribution is 7.87. The molecule has 0 aromatic rings. The normalized spacial score (nSPS) is 12.1. The maximum absolute atomic E-state index is 11.8. The SMILES string of the molecule is CCN(CC)CCNS(=O)(=O)N(C)CCC(=O)OC. The summed E-state index contributed by atoms with van der Waals surface area (Å²) in [7, 11) is -0.817. The first kappa shape index (κ1) is 18.3. The Bertz CT molecular complexity index is 355. The summed E-state index contributed by atoms with van der Waals surface area (Å²) >= 11 is 0. The van der Waals surface area contributed by atoms with Gasteiger partial charge in [-0.05, 0) is 13.1 Å². The van der Waals surface area contributed by atoms with Gasteiger partial charge in [-0.1, -0.05) is 13.8 Å². The smallest absolute Gasteiger partial charge is 0.306 e. The number of ether oxygens (including phenoxy) is 1. The van der Waals surface area contributed by atoms with Gasteiger partial charge in [0.25, 0.3) is 10.2 Å². The molecule has 0 saturated heterocycles. The molecule has 0 aliphatic rings. The van der Waals surface area contributed by atoms with Crippen LogP contribution in [0, 0.1) is 0 Å². The Hall–Kier alpha value is -0.700. The lowest BCUT2D eigenvalue weighted by Gasteiger charge is -2.20. The molecule has 0 amide bonds. The van der Waals surface area contributed by atoms with Crippen molar-refractivity contribution in [1.82, 2.24) is 13.9 Å². The number of methoxy groups -OCH3 is 1. The van der Waals surface area contributed by atoms with E-state index in [0.29, 0.717) is 13.1 Å². The second-order valence-corrected chi connectivity index (χ2v) is 5.94. The Labute approximate surface area is 116 Å². The molecule has 0 atom stereocenters. The van der Waals surface area contributed by atoms with Crippen molar-refractivity contribution in [3.63, 3.8) is 0 Å². The van der Waals surface area contributed by atoms with Gasteiger partial charge in [-0.2, -0.15) is 12.7 Å². The molecule has 0 aromatic heterocycles. The summed E-state index contributed by atoms with van der Waals surface area (Å²) in [5.74, 6) is -0.426. The van der Waals surface area contributed by atoms with E-state index < -0.39 is 16.2 Å². The van der Waals surface area contributed by atoms with Crippen molar-refractivity contribution in [2.45, 2.75) is 20.3 Å². The largest absolute Gasteiger partial charge is 0.469 e. The fourth-order valence-electron chi connectivity index (χ4n) is 1.45. The van der Waals surface area contributed by atoms with Crippen LogP contribution in [0.1, 0.15) is 20.3 Å². The second kappa shape index (κ2) is 9.24. The van der Waals surface area contributed by atoms with Gasteiger partial charge in [0.05, 0.1) is 13.5 Å². The number of carbonyl (C=O) groups is 1. The molecule has 8 heteroatoms. The summed E-state index contributed by atoms with van der Waals surface area (Å²) in [4.78, 5) is 13.1. The first-order valence-corrected chi connectivity index (χ1v) is 7.81. The van der Waals surface area contributed by atoms with Crippen molar-refractivity contribution in [2.75, 3.05) is 46.9 Å². The van der Waals surface area contributed by atoms with Crippen molar-refractivity contribution in [3.05, 3.63) is 0 Å². The average molecular weight is 295 g/mol. The molecule has 0 radical (unpaired) electrons. The summed E-state index contributed by atoms with van der Waals surface area (Å²) in [6, 6.07) is 0. The van der Waals surface area contributed by atoms with Gasteiger partial charge in [0, 0.05) is 26.7 Å². The monoisotopic (exact) mass is 295 g/mol. The molecule has 0 spiro atoms. The topological polar surface area (TPSA) is 79.0 Å². The number of likely N-dealkylation sites (N-methyl/N-ethyl adjacent to an activating group) is 1. The molecular weight excluding hydrogens is 270 g/mol. The summed E-state index contributed by atoms with van der Waals surface area (Å²) in [6.45, 7) is 6.95. The Morgan fingerprint density at radius 1 is 1.21 bits per heavy atom. The van der Waals surface area contributed by atoms with E-state index in [2.05, 4.69) is 14.4 Å². The number of hydrogen-bond donors (Lipinski definition) is 1. The van der Waals surface area contributed by atoms with Crippen LogP contribution in [0.15, 0.2) is 0 Å². The fourth-order valence-corrected chi connectivity index (χ4v) is 2.36. The van der Waals surface area contributed by atoms with Gasteiger partial charge in [-0.25, -0.2) is 4.72 Å². The molecule has 0 aromatic carbocycles. The highest BCUT2D eigenvalue weighted by Crippen LogP contribution is 1.97. The number of hydrogen-bond acceptors (Lipinski definition) is 5. The van der Waals surface area contributed by atoms with Gasteiger partial charge >= 0.3 is 5.97 Å². The number of carbonyl (C=O) groups excluding carboxylic acids is 1. The molecule has 0 fully saturated rings. The van der Waals surface area contributed by atoms with Gasteiger partial charge in [0.1, 0.15) is 0 Å². The van der Waals surface area contributed by atoms with Gasteiger partial charge in [0.2, 0.25) is 0 Å². The molecule has 0 heterocycles. The number of nitrogens with one attached hydrogen (secondary N) is 1. The third kappa shape index (κ3) is 7.46. The van der Waals surface area contributed by atoms with Gasteiger partial charge < -0.3 is 9.64 Å². The minimum absolute atomic E-state index is 0.0456. The van der Waals surface area contributed by atoms with E-state index in [9.17, 15) is 13.2 Å². The first-order chi connectivity index (χ1) is 8.87. The minimum Gasteiger partial charge on any atom is -0.469 e. The predicted molar refractivity (Wildman–Crippen MR) is 74.0 cm³/mol. The van der Waals surface area contributed by atoms with E-state index in [1.807, 2.05) is 13.8 Å². The van der Waals surface area contributed by atoms with E-state index in [1.54, 1.807) is 0 Å². The standard InChI is InChI=1S/C11H25N3O4S/c1-5-14(6-2)10-8-12-19(16,17)13(3)9-7-11(15)18-4/h12H,5-10H2,1-4H3. The second-order valence-electron chi connectivity index (χ2n) is 4.07. The number of nitrogens with zero attached hydrogens (tertiary/aromatic N) is 2. The molecular formula is C11H25N3O4S. The maximum Gasteiger partial charge on any atom is 0.306 e. The van der Waals surface area contributed by atoms with Crippen LogP contribution in [0.25, 0.3) is 0 Å². The van der Waals surface area contributed by atoms with Crippen LogP contribution in [0.4, 0.5) is 0 Å². The lowest BCUT2D eigenvalue weighted by Crippen LogP contribution is -2.42.